The van der Waals surface area contributed by atoms with Crippen LogP contribution in [0, 0.1) is 11.3 Å². The molecule has 0 radical (unpaired) electrons. The van der Waals surface area contributed by atoms with E-state index in [9.17, 15) is 4.79 Å². The van der Waals surface area contributed by atoms with E-state index in [1.165, 1.54) is 0 Å². The minimum atomic E-state index is -0.112. The smallest absolute Gasteiger partial charge is 0.255 e. The molecule has 2 rings (SSSR count). The fraction of sp³-hybridized carbons (Fsp3) is 0.353. The van der Waals surface area contributed by atoms with Crippen molar-refractivity contribution in [2.75, 3.05) is 13.1 Å². The lowest BCUT2D eigenvalue weighted by Crippen LogP contribution is -2.31. The van der Waals surface area contributed by atoms with E-state index in [2.05, 4.69) is 18.8 Å². The number of pyridine rings is 1. The summed E-state index contributed by atoms with van der Waals surface area (Å²) in [6, 6.07) is 11.5. The van der Waals surface area contributed by atoms with Crippen LogP contribution in [0.25, 0.3) is 10.9 Å². The third kappa shape index (κ3) is 3.03. The van der Waals surface area contributed by atoms with Crippen LogP contribution in [-0.2, 0) is 0 Å². The quantitative estimate of drug-likeness (QED) is 0.808. The fourth-order valence-corrected chi connectivity index (χ4v) is 2.25. The lowest BCUT2D eigenvalue weighted by atomic mass is 10.0. The zero-order valence-corrected chi connectivity index (χ0v) is 12.6. The molecule has 0 saturated heterocycles. The highest BCUT2D eigenvalue weighted by Crippen LogP contribution is 2.23. The van der Waals surface area contributed by atoms with Gasteiger partial charge in [0.1, 0.15) is 6.54 Å². The molecule has 1 amide bonds. The summed E-state index contributed by atoms with van der Waals surface area (Å²) in [7, 11) is 0. The summed E-state index contributed by atoms with van der Waals surface area (Å²) < 4.78 is 0. The van der Waals surface area contributed by atoms with Gasteiger partial charge < -0.3 is 4.90 Å². The third-order valence-corrected chi connectivity index (χ3v) is 3.49. The maximum atomic E-state index is 12.7. The molecule has 0 aliphatic heterocycles. The van der Waals surface area contributed by atoms with Gasteiger partial charge in [-0.25, -0.2) is 0 Å². The Kier molecular flexibility index (Phi) is 4.54. The van der Waals surface area contributed by atoms with Crippen molar-refractivity contribution in [3.8, 4) is 6.07 Å². The molecule has 0 unspecified atom stereocenters. The van der Waals surface area contributed by atoms with Crippen molar-refractivity contribution in [2.24, 2.45) is 0 Å². The van der Waals surface area contributed by atoms with Crippen LogP contribution in [0.5, 0.6) is 0 Å². The normalized spacial score (nSPS) is 10.6. The maximum Gasteiger partial charge on any atom is 0.255 e. The molecule has 0 bridgehead atoms. The number of benzene rings is 1. The van der Waals surface area contributed by atoms with Crippen LogP contribution in [0.4, 0.5) is 0 Å². The summed E-state index contributed by atoms with van der Waals surface area (Å²) in [6.07, 6.45) is 0. The minimum absolute atomic E-state index is 0.100. The van der Waals surface area contributed by atoms with Crippen LogP contribution >= 0.6 is 0 Å². The Hall–Kier alpha value is -2.41. The third-order valence-electron chi connectivity index (χ3n) is 3.49. The topological polar surface area (TPSA) is 57.0 Å². The molecule has 0 spiro atoms. The van der Waals surface area contributed by atoms with Crippen molar-refractivity contribution >= 4 is 16.8 Å². The van der Waals surface area contributed by atoms with Crippen molar-refractivity contribution in [3.63, 3.8) is 0 Å². The van der Waals surface area contributed by atoms with E-state index in [-0.39, 0.29) is 18.4 Å². The van der Waals surface area contributed by atoms with Gasteiger partial charge in [0.15, 0.2) is 0 Å². The molecule has 21 heavy (non-hydrogen) atoms. The molecule has 4 nitrogen and oxygen atoms in total. The first-order valence-corrected chi connectivity index (χ1v) is 7.14. The van der Waals surface area contributed by atoms with Crippen LogP contribution in [0.2, 0.25) is 0 Å². The number of para-hydroxylation sites is 1. The van der Waals surface area contributed by atoms with Gasteiger partial charge in [0.05, 0.1) is 17.1 Å². The molecule has 0 fully saturated rings. The molecule has 0 saturated carbocycles. The predicted octanol–water partition coefficient (Wildman–Crippen LogP) is 3.34. The highest BCUT2D eigenvalue weighted by molar-refractivity contribution is 6.06. The molecule has 0 aliphatic carbocycles. The summed E-state index contributed by atoms with van der Waals surface area (Å²) in [5, 5.41) is 9.70. The van der Waals surface area contributed by atoms with Gasteiger partial charge in [-0.2, -0.15) is 5.26 Å². The summed E-state index contributed by atoms with van der Waals surface area (Å²) in [5.74, 6) is 0.131. The fourth-order valence-electron chi connectivity index (χ4n) is 2.25. The second-order valence-electron chi connectivity index (χ2n) is 5.24. The first-order chi connectivity index (χ1) is 10.1. The highest BCUT2D eigenvalue weighted by Gasteiger charge is 2.18. The molecule has 108 valence electrons. The first kappa shape index (κ1) is 15.0. The molecule has 4 heteroatoms. The number of fused-ring (bicyclic) bond motifs is 1. The summed E-state index contributed by atoms with van der Waals surface area (Å²) in [6.45, 7) is 6.60. The van der Waals surface area contributed by atoms with E-state index in [0.29, 0.717) is 12.1 Å². The summed E-state index contributed by atoms with van der Waals surface area (Å²) in [4.78, 5) is 18.9. The van der Waals surface area contributed by atoms with E-state index in [1.807, 2.05) is 43.3 Å². The number of carbonyl (C=O) groups is 1. The Morgan fingerprint density at radius 2 is 2.10 bits per heavy atom. The van der Waals surface area contributed by atoms with E-state index < -0.39 is 0 Å². The standard InChI is InChI=1S/C17H19N3O/c1-4-20(10-9-18)17(21)14-11-16(12(2)3)19-15-8-6-5-7-13(14)15/h5-8,11-12H,4,10H2,1-3H3. The Morgan fingerprint density at radius 1 is 1.38 bits per heavy atom. The molecule has 0 N–H and O–H groups in total. The van der Waals surface area contributed by atoms with E-state index in [1.54, 1.807) is 4.90 Å². The molecular formula is C17H19N3O. The van der Waals surface area contributed by atoms with Crippen LogP contribution in [0.3, 0.4) is 0 Å². The Bertz CT molecular complexity index is 701. The molecule has 1 aromatic heterocycles. The van der Waals surface area contributed by atoms with Crippen molar-refractivity contribution in [3.05, 3.63) is 41.6 Å². The second-order valence-corrected chi connectivity index (χ2v) is 5.24. The Balaban J connectivity index is 2.61. The molecule has 1 aromatic carbocycles. The van der Waals surface area contributed by atoms with Crippen LogP contribution < -0.4 is 0 Å². The number of rotatable bonds is 4. The SMILES string of the molecule is CCN(CC#N)C(=O)c1cc(C(C)C)nc2ccccc12. The van der Waals surface area contributed by atoms with Crippen LogP contribution in [0.15, 0.2) is 30.3 Å². The number of carbonyl (C=O) groups excluding carboxylic acids is 1. The van der Waals surface area contributed by atoms with E-state index in [4.69, 9.17) is 5.26 Å². The summed E-state index contributed by atoms with van der Waals surface area (Å²) >= 11 is 0. The van der Waals surface area contributed by atoms with Gasteiger partial charge in [-0.05, 0) is 25.0 Å². The second kappa shape index (κ2) is 6.36. The molecule has 2 aromatic rings. The Labute approximate surface area is 125 Å². The van der Waals surface area contributed by atoms with Crippen LogP contribution in [-0.4, -0.2) is 28.9 Å². The van der Waals surface area contributed by atoms with Crippen molar-refractivity contribution in [1.29, 1.82) is 5.26 Å². The number of amides is 1. The van der Waals surface area contributed by atoms with Gasteiger partial charge >= 0.3 is 0 Å². The maximum absolute atomic E-state index is 12.7. The first-order valence-electron chi connectivity index (χ1n) is 7.14. The average Bonchev–Trinajstić information content (AvgIpc) is 2.50. The number of hydrogen-bond donors (Lipinski definition) is 0. The van der Waals surface area contributed by atoms with Gasteiger partial charge in [-0.3, -0.25) is 9.78 Å². The predicted molar refractivity (Wildman–Crippen MR) is 83.0 cm³/mol. The average molecular weight is 281 g/mol. The number of nitriles is 1. The van der Waals surface area contributed by atoms with E-state index in [0.717, 1.165) is 16.6 Å². The molecular weight excluding hydrogens is 262 g/mol. The zero-order valence-electron chi connectivity index (χ0n) is 12.6. The van der Waals surface area contributed by atoms with Gasteiger partial charge in [0.25, 0.3) is 5.91 Å². The zero-order chi connectivity index (χ0) is 15.4. The van der Waals surface area contributed by atoms with Gasteiger partial charge in [-0.15, -0.1) is 0 Å². The van der Waals surface area contributed by atoms with Crippen LogP contribution in [0.1, 0.15) is 42.7 Å². The highest BCUT2D eigenvalue weighted by atomic mass is 16.2. The molecule has 0 atom stereocenters. The number of nitrogens with zero attached hydrogens (tertiary/aromatic N) is 3. The minimum Gasteiger partial charge on any atom is -0.326 e. The monoisotopic (exact) mass is 281 g/mol. The van der Waals surface area contributed by atoms with Crippen molar-refractivity contribution in [2.45, 2.75) is 26.7 Å². The lowest BCUT2D eigenvalue weighted by Gasteiger charge is -2.19. The lowest BCUT2D eigenvalue weighted by molar-refractivity contribution is 0.0786. The van der Waals surface area contributed by atoms with Crippen molar-refractivity contribution in [1.82, 2.24) is 9.88 Å². The number of hydrogen-bond acceptors (Lipinski definition) is 3. The van der Waals surface area contributed by atoms with E-state index >= 15 is 0 Å². The molecule has 0 aliphatic rings. The Morgan fingerprint density at radius 3 is 2.71 bits per heavy atom. The number of aromatic nitrogens is 1. The summed E-state index contributed by atoms with van der Waals surface area (Å²) in [5.41, 5.74) is 2.34. The van der Waals surface area contributed by atoms with Gasteiger partial charge in [0, 0.05) is 17.6 Å². The largest absolute Gasteiger partial charge is 0.326 e. The van der Waals surface area contributed by atoms with Gasteiger partial charge in [-0.1, -0.05) is 32.0 Å². The molecule has 1 heterocycles. The van der Waals surface area contributed by atoms with Crippen molar-refractivity contribution < 1.29 is 4.79 Å². The van der Waals surface area contributed by atoms with Gasteiger partial charge in [0.2, 0.25) is 0 Å².